The van der Waals surface area contributed by atoms with Crippen molar-refractivity contribution in [1.29, 1.82) is 0 Å². The minimum Gasteiger partial charge on any atom is -0.326 e. The number of hydrogen-bond acceptors (Lipinski definition) is 3. The predicted molar refractivity (Wildman–Crippen MR) is 91.1 cm³/mol. The molecule has 0 aliphatic heterocycles. The van der Waals surface area contributed by atoms with Crippen LogP contribution in [0.25, 0.3) is 0 Å². The lowest BCUT2D eigenvalue weighted by molar-refractivity contribution is 0.155. The van der Waals surface area contributed by atoms with Crippen LogP contribution in [0.5, 0.6) is 0 Å². The molecule has 2 N–H and O–H groups in total. The van der Waals surface area contributed by atoms with Crippen molar-refractivity contribution >= 4 is 0 Å². The molecule has 0 aliphatic rings. The number of nitrogens with two attached hydrogens (primary N) is 1. The molecule has 2 atom stereocenters. The zero-order valence-corrected chi connectivity index (χ0v) is 14.4. The molecule has 1 heterocycles. The molecule has 0 saturated carbocycles. The first kappa shape index (κ1) is 18.1. The van der Waals surface area contributed by atoms with Crippen molar-refractivity contribution in [3.63, 3.8) is 0 Å². The molecular formula is C18H33N3. The highest BCUT2D eigenvalue weighted by Crippen LogP contribution is 2.23. The van der Waals surface area contributed by atoms with E-state index in [4.69, 9.17) is 5.73 Å². The molecule has 0 radical (unpaired) electrons. The average Bonchev–Trinajstić information content (AvgIpc) is 2.42. The molecule has 3 heteroatoms. The minimum atomic E-state index is 0.0826. The molecule has 1 aromatic heterocycles. The van der Waals surface area contributed by atoms with Crippen LogP contribution in [0.2, 0.25) is 0 Å². The van der Waals surface area contributed by atoms with Crippen LogP contribution in [0, 0.1) is 11.8 Å². The van der Waals surface area contributed by atoms with Crippen molar-refractivity contribution in [3.05, 3.63) is 30.1 Å². The Bertz CT molecular complexity index is 361. The van der Waals surface area contributed by atoms with E-state index >= 15 is 0 Å². The molecule has 1 rings (SSSR count). The lowest BCUT2D eigenvalue weighted by atomic mass is 10.0. The molecule has 0 aliphatic carbocycles. The highest BCUT2D eigenvalue weighted by molar-refractivity contribution is 5.11. The third-order valence-corrected chi connectivity index (χ3v) is 3.87. The molecular weight excluding hydrogens is 258 g/mol. The molecule has 1 aromatic rings. The Labute approximate surface area is 130 Å². The fourth-order valence-corrected chi connectivity index (χ4v) is 2.58. The van der Waals surface area contributed by atoms with Gasteiger partial charge in [-0.15, -0.1) is 0 Å². The number of pyridine rings is 1. The maximum absolute atomic E-state index is 6.30. The summed E-state index contributed by atoms with van der Waals surface area (Å²) >= 11 is 0. The van der Waals surface area contributed by atoms with Gasteiger partial charge in [0.25, 0.3) is 0 Å². The fraction of sp³-hybridized carbons (Fsp3) is 0.722. The van der Waals surface area contributed by atoms with Crippen LogP contribution >= 0.6 is 0 Å². The Balaban J connectivity index is 2.88. The Kier molecular flexibility index (Phi) is 7.91. The van der Waals surface area contributed by atoms with E-state index in [1.165, 1.54) is 12.8 Å². The zero-order chi connectivity index (χ0) is 15.8. The number of nitrogens with zero attached hydrogens (tertiary/aromatic N) is 2. The van der Waals surface area contributed by atoms with Crippen LogP contribution in [0.4, 0.5) is 0 Å². The Morgan fingerprint density at radius 1 is 1.00 bits per heavy atom. The molecule has 0 bridgehead atoms. The quantitative estimate of drug-likeness (QED) is 0.751. The highest BCUT2D eigenvalue weighted by Gasteiger charge is 2.25. The summed E-state index contributed by atoms with van der Waals surface area (Å²) < 4.78 is 0. The van der Waals surface area contributed by atoms with E-state index in [0.717, 1.165) is 18.8 Å². The van der Waals surface area contributed by atoms with Gasteiger partial charge in [0, 0.05) is 12.2 Å². The second-order valence-electron chi connectivity index (χ2n) is 6.96. The van der Waals surface area contributed by atoms with Crippen LogP contribution in [0.3, 0.4) is 0 Å². The third-order valence-electron chi connectivity index (χ3n) is 3.87. The van der Waals surface area contributed by atoms with E-state index in [-0.39, 0.29) is 12.1 Å². The second kappa shape index (κ2) is 9.16. The Morgan fingerprint density at radius 3 is 1.95 bits per heavy atom. The smallest absolute Gasteiger partial charge is 0.0670 e. The highest BCUT2D eigenvalue weighted by atomic mass is 15.2. The van der Waals surface area contributed by atoms with Gasteiger partial charge in [-0.2, -0.15) is 0 Å². The summed E-state index contributed by atoms with van der Waals surface area (Å²) in [7, 11) is 0. The van der Waals surface area contributed by atoms with E-state index in [0.29, 0.717) is 11.8 Å². The van der Waals surface area contributed by atoms with Crippen LogP contribution in [-0.2, 0) is 0 Å². The van der Waals surface area contributed by atoms with Crippen LogP contribution in [0.15, 0.2) is 24.4 Å². The average molecular weight is 291 g/mol. The summed E-state index contributed by atoms with van der Waals surface area (Å²) in [5.74, 6) is 1.42. The van der Waals surface area contributed by atoms with Crippen LogP contribution < -0.4 is 5.73 Å². The summed E-state index contributed by atoms with van der Waals surface area (Å²) in [6.07, 6.45) is 4.27. The maximum atomic E-state index is 6.30. The Hall–Kier alpha value is -0.930. The first-order valence-electron chi connectivity index (χ1n) is 8.32. The van der Waals surface area contributed by atoms with Gasteiger partial charge < -0.3 is 5.73 Å². The van der Waals surface area contributed by atoms with Gasteiger partial charge in [0.2, 0.25) is 0 Å². The van der Waals surface area contributed by atoms with Crippen LogP contribution in [0.1, 0.15) is 59.2 Å². The maximum Gasteiger partial charge on any atom is 0.0670 e. The van der Waals surface area contributed by atoms with Crippen LogP contribution in [-0.4, -0.2) is 29.0 Å². The first-order valence-corrected chi connectivity index (χ1v) is 8.32. The standard InChI is InChI=1S/C18H33N3/c1-14(2)9-12-21(13-10-15(3)4)18(16(5)19)17-8-6-7-11-20-17/h6-8,11,14-16,18H,9-10,12-13,19H2,1-5H3. The van der Waals surface area contributed by atoms with Crippen molar-refractivity contribution in [2.24, 2.45) is 17.6 Å². The lowest BCUT2D eigenvalue weighted by Gasteiger charge is -2.35. The predicted octanol–water partition coefficient (Wildman–Crippen LogP) is 3.86. The topological polar surface area (TPSA) is 42.2 Å². The van der Waals surface area contributed by atoms with Crippen molar-refractivity contribution < 1.29 is 0 Å². The number of rotatable bonds is 9. The van der Waals surface area contributed by atoms with E-state index in [1.807, 2.05) is 12.3 Å². The molecule has 0 amide bonds. The number of hydrogen-bond donors (Lipinski definition) is 1. The molecule has 120 valence electrons. The van der Waals surface area contributed by atoms with Gasteiger partial charge in [-0.05, 0) is 56.8 Å². The minimum absolute atomic E-state index is 0.0826. The Morgan fingerprint density at radius 2 is 1.57 bits per heavy atom. The van der Waals surface area contributed by atoms with E-state index in [1.54, 1.807) is 0 Å². The van der Waals surface area contributed by atoms with Crippen molar-refractivity contribution in [2.45, 2.75) is 59.5 Å². The molecule has 0 spiro atoms. The van der Waals surface area contributed by atoms with Crippen molar-refractivity contribution in [2.75, 3.05) is 13.1 Å². The summed E-state index contributed by atoms with van der Waals surface area (Å²) in [6.45, 7) is 13.4. The summed E-state index contributed by atoms with van der Waals surface area (Å²) in [6, 6.07) is 6.42. The number of aromatic nitrogens is 1. The van der Waals surface area contributed by atoms with E-state index < -0.39 is 0 Å². The van der Waals surface area contributed by atoms with Gasteiger partial charge >= 0.3 is 0 Å². The van der Waals surface area contributed by atoms with Gasteiger partial charge in [0.05, 0.1) is 11.7 Å². The van der Waals surface area contributed by atoms with E-state index in [9.17, 15) is 0 Å². The fourth-order valence-electron chi connectivity index (χ4n) is 2.58. The molecule has 0 aromatic carbocycles. The van der Waals surface area contributed by atoms with Gasteiger partial charge in [-0.1, -0.05) is 33.8 Å². The van der Waals surface area contributed by atoms with Gasteiger partial charge in [-0.25, -0.2) is 0 Å². The largest absolute Gasteiger partial charge is 0.326 e. The van der Waals surface area contributed by atoms with Crippen molar-refractivity contribution in [3.8, 4) is 0 Å². The second-order valence-corrected chi connectivity index (χ2v) is 6.96. The molecule has 0 saturated heterocycles. The summed E-state index contributed by atoms with van der Waals surface area (Å²) in [5, 5.41) is 0. The van der Waals surface area contributed by atoms with Crippen molar-refractivity contribution in [1.82, 2.24) is 9.88 Å². The van der Waals surface area contributed by atoms with Gasteiger partial charge in [0.15, 0.2) is 0 Å². The monoisotopic (exact) mass is 291 g/mol. The first-order chi connectivity index (χ1) is 9.91. The van der Waals surface area contributed by atoms with Gasteiger partial charge in [0.1, 0.15) is 0 Å². The zero-order valence-electron chi connectivity index (χ0n) is 14.4. The van der Waals surface area contributed by atoms with E-state index in [2.05, 4.69) is 56.6 Å². The molecule has 21 heavy (non-hydrogen) atoms. The summed E-state index contributed by atoms with van der Waals surface area (Å²) in [4.78, 5) is 7.09. The SMILES string of the molecule is CC(C)CCN(CCC(C)C)C(c1ccccn1)C(C)N. The summed E-state index contributed by atoms with van der Waals surface area (Å²) in [5.41, 5.74) is 7.40. The molecule has 0 fully saturated rings. The lowest BCUT2D eigenvalue weighted by Crippen LogP contribution is -2.41. The van der Waals surface area contributed by atoms with Gasteiger partial charge in [-0.3, -0.25) is 9.88 Å². The third kappa shape index (κ3) is 6.58. The normalized spacial score (nSPS) is 14.9. The molecule has 3 nitrogen and oxygen atoms in total. The molecule has 2 unspecified atom stereocenters.